The molecule has 2 aromatic rings. The molecule has 210 valence electrons. The van der Waals surface area contributed by atoms with E-state index in [4.69, 9.17) is 14.2 Å². The van der Waals surface area contributed by atoms with E-state index in [1.54, 1.807) is 29.2 Å². The van der Waals surface area contributed by atoms with Crippen molar-refractivity contribution >= 4 is 17.4 Å². The van der Waals surface area contributed by atoms with Crippen molar-refractivity contribution in [3.63, 3.8) is 0 Å². The summed E-state index contributed by atoms with van der Waals surface area (Å²) in [4.78, 5) is 30.6. The average Bonchev–Trinajstić information content (AvgIpc) is 3.23. The highest BCUT2D eigenvalue weighted by Crippen LogP contribution is 2.40. The standard InChI is InChI=1S/C31H40N2O6/c1-3-5-6-19-39-26-9-7-8-24(22-26)28-27(29(34)23-10-12-25(13-11-23)38-18-4-2)30(35)31(36)33(28)15-14-32-16-20-37-21-17-32/h7-13,22,28,34H,3-6,14-21H2,1-2H3. The van der Waals surface area contributed by atoms with E-state index in [0.717, 1.165) is 44.3 Å². The molecule has 39 heavy (non-hydrogen) atoms. The quantitative estimate of drug-likeness (QED) is 0.170. The molecular formula is C31H40N2O6. The second-order valence-corrected chi connectivity index (χ2v) is 9.95. The summed E-state index contributed by atoms with van der Waals surface area (Å²) in [5.74, 6) is -0.112. The number of carbonyl (C=O) groups excluding carboxylic acids is 2. The number of Topliss-reactive ketones (excluding diaryl/α,β-unsaturated/α-hetero) is 1. The minimum atomic E-state index is -0.721. The molecule has 2 aliphatic rings. The van der Waals surface area contributed by atoms with Crippen molar-refractivity contribution in [2.75, 3.05) is 52.6 Å². The third-order valence-electron chi connectivity index (χ3n) is 7.09. The topological polar surface area (TPSA) is 88.5 Å². The Labute approximate surface area is 231 Å². The van der Waals surface area contributed by atoms with Gasteiger partial charge in [0, 0.05) is 31.7 Å². The minimum absolute atomic E-state index is 0.0901. The summed E-state index contributed by atoms with van der Waals surface area (Å²) < 4.78 is 17.1. The summed E-state index contributed by atoms with van der Waals surface area (Å²) in [6, 6.07) is 13.7. The van der Waals surface area contributed by atoms with Gasteiger partial charge in [0.05, 0.1) is 38.0 Å². The highest BCUT2D eigenvalue weighted by atomic mass is 16.5. The van der Waals surface area contributed by atoms with E-state index in [-0.39, 0.29) is 11.3 Å². The Hall–Kier alpha value is -3.36. The van der Waals surface area contributed by atoms with Gasteiger partial charge in [0.15, 0.2) is 0 Å². The fraction of sp³-hybridized carbons (Fsp3) is 0.484. The van der Waals surface area contributed by atoms with Crippen LogP contribution in [0.4, 0.5) is 0 Å². The molecule has 1 unspecified atom stereocenters. The van der Waals surface area contributed by atoms with Crippen LogP contribution < -0.4 is 9.47 Å². The van der Waals surface area contributed by atoms with Crippen LogP contribution in [-0.4, -0.2) is 79.2 Å². The van der Waals surface area contributed by atoms with Gasteiger partial charge < -0.3 is 24.2 Å². The van der Waals surface area contributed by atoms with Gasteiger partial charge >= 0.3 is 0 Å². The molecule has 8 heteroatoms. The third kappa shape index (κ3) is 7.19. The van der Waals surface area contributed by atoms with Crippen molar-refractivity contribution < 1.29 is 28.9 Å². The fourth-order valence-electron chi connectivity index (χ4n) is 4.93. The van der Waals surface area contributed by atoms with E-state index in [0.29, 0.717) is 56.6 Å². The summed E-state index contributed by atoms with van der Waals surface area (Å²) >= 11 is 0. The predicted octanol–water partition coefficient (Wildman–Crippen LogP) is 4.80. The first-order valence-corrected chi connectivity index (χ1v) is 14.1. The lowest BCUT2D eigenvalue weighted by Crippen LogP contribution is -2.42. The van der Waals surface area contributed by atoms with Gasteiger partial charge in [0.25, 0.3) is 11.7 Å². The number of benzene rings is 2. The molecule has 4 rings (SSSR count). The van der Waals surface area contributed by atoms with Crippen LogP contribution in [-0.2, 0) is 14.3 Å². The zero-order chi connectivity index (χ0) is 27.6. The number of ether oxygens (including phenoxy) is 3. The molecule has 1 N–H and O–H groups in total. The number of ketones is 1. The molecule has 1 atom stereocenters. The number of likely N-dealkylation sites (tertiary alicyclic amines) is 1. The van der Waals surface area contributed by atoms with E-state index in [2.05, 4.69) is 11.8 Å². The van der Waals surface area contributed by atoms with Crippen LogP contribution in [0.15, 0.2) is 54.1 Å². The number of aliphatic hydroxyl groups excluding tert-OH is 1. The van der Waals surface area contributed by atoms with Gasteiger partial charge in [-0.1, -0.05) is 38.8 Å². The van der Waals surface area contributed by atoms with Crippen molar-refractivity contribution in [1.29, 1.82) is 0 Å². The van der Waals surface area contributed by atoms with Crippen molar-refractivity contribution in [2.24, 2.45) is 0 Å². The Bertz CT molecular complexity index is 1140. The molecule has 2 saturated heterocycles. The fourth-order valence-corrected chi connectivity index (χ4v) is 4.93. The number of rotatable bonds is 13. The number of hydrogen-bond donors (Lipinski definition) is 1. The number of amides is 1. The molecule has 0 aliphatic carbocycles. The van der Waals surface area contributed by atoms with Gasteiger partial charge in [-0.15, -0.1) is 0 Å². The second-order valence-electron chi connectivity index (χ2n) is 9.95. The lowest BCUT2D eigenvalue weighted by atomic mass is 9.95. The van der Waals surface area contributed by atoms with Crippen LogP contribution in [0.5, 0.6) is 11.5 Å². The van der Waals surface area contributed by atoms with Gasteiger partial charge in [-0.05, 0) is 54.8 Å². The van der Waals surface area contributed by atoms with Gasteiger partial charge in [0.1, 0.15) is 17.3 Å². The van der Waals surface area contributed by atoms with Gasteiger partial charge in [-0.2, -0.15) is 0 Å². The second kappa shape index (κ2) is 14.1. The molecule has 1 amide bonds. The van der Waals surface area contributed by atoms with Crippen LogP contribution in [0.25, 0.3) is 5.76 Å². The molecule has 2 aromatic carbocycles. The van der Waals surface area contributed by atoms with Crippen molar-refractivity contribution in [1.82, 2.24) is 9.80 Å². The summed E-state index contributed by atoms with van der Waals surface area (Å²) in [6.07, 6.45) is 4.03. The molecule has 0 aromatic heterocycles. The normalized spacial score (nSPS) is 19.4. The monoisotopic (exact) mass is 536 g/mol. The Morgan fingerprint density at radius 3 is 2.38 bits per heavy atom. The molecule has 8 nitrogen and oxygen atoms in total. The predicted molar refractivity (Wildman–Crippen MR) is 150 cm³/mol. The van der Waals surface area contributed by atoms with Crippen LogP contribution in [0.2, 0.25) is 0 Å². The molecule has 0 radical (unpaired) electrons. The lowest BCUT2D eigenvalue weighted by Gasteiger charge is -2.31. The van der Waals surface area contributed by atoms with E-state index in [1.165, 1.54) is 0 Å². The van der Waals surface area contributed by atoms with Crippen LogP contribution in [0.3, 0.4) is 0 Å². The number of morpholine rings is 1. The number of aliphatic hydroxyl groups is 1. The highest BCUT2D eigenvalue weighted by molar-refractivity contribution is 6.46. The molecule has 0 spiro atoms. The minimum Gasteiger partial charge on any atom is -0.507 e. The summed E-state index contributed by atoms with van der Waals surface area (Å²) in [7, 11) is 0. The smallest absolute Gasteiger partial charge is 0.295 e. The Morgan fingerprint density at radius 1 is 0.923 bits per heavy atom. The van der Waals surface area contributed by atoms with Gasteiger partial charge in [-0.3, -0.25) is 14.5 Å². The third-order valence-corrected chi connectivity index (χ3v) is 7.09. The first-order chi connectivity index (χ1) is 19.0. The maximum atomic E-state index is 13.4. The van der Waals surface area contributed by atoms with Crippen molar-refractivity contribution in [3.8, 4) is 11.5 Å². The largest absolute Gasteiger partial charge is 0.507 e. The zero-order valence-electron chi connectivity index (χ0n) is 23.1. The zero-order valence-corrected chi connectivity index (χ0v) is 23.1. The Morgan fingerprint density at radius 2 is 1.67 bits per heavy atom. The highest BCUT2D eigenvalue weighted by Gasteiger charge is 2.46. The first-order valence-electron chi connectivity index (χ1n) is 14.1. The summed E-state index contributed by atoms with van der Waals surface area (Å²) in [5, 5.41) is 11.4. The maximum absolute atomic E-state index is 13.4. The number of hydrogen-bond acceptors (Lipinski definition) is 7. The summed E-state index contributed by atoms with van der Waals surface area (Å²) in [6.45, 7) is 9.20. The average molecular weight is 537 g/mol. The molecule has 2 aliphatic heterocycles. The van der Waals surface area contributed by atoms with Crippen molar-refractivity contribution in [3.05, 3.63) is 65.2 Å². The molecule has 0 bridgehead atoms. The molecule has 2 heterocycles. The number of carbonyl (C=O) groups is 2. The number of nitrogens with zero attached hydrogens (tertiary/aromatic N) is 2. The molecule has 2 fully saturated rings. The van der Waals surface area contributed by atoms with Gasteiger partial charge in [-0.25, -0.2) is 0 Å². The van der Waals surface area contributed by atoms with Crippen LogP contribution >= 0.6 is 0 Å². The van der Waals surface area contributed by atoms with E-state index < -0.39 is 17.7 Å². The summed E-state index contributed by atoms with van der Waals surface area (Å²) in [5.41, 5.74) is 1.28. The van der Waals surface area contributed by atoms with E-state index >= 15 is 0 Å². The van der Waals surface area contributed by atoms with Crippen LogP contribution in [0.1, 0.15) is 56.7 Å². The molecular weight excluding hydrogens is 496 g/mol. The van der Waals surface area contributed by atoms with E-state index in [9.17, 15) is 14.7 Å². The molecule has 0 saturated carbocycles. The Kier molecular flexibility index (Phi) is 10.4. The lowest BCUT2D eigenvalue weighted by molar-refractivity contribution is -0.140. The van der Waals surface area contributed by atoms with Crippen molar-refractivity contribution in [2.45, 2.75) is 45.6 Å². The van der Waals surface area contributed by atoms with Crippen LogP contribution in [0, 0.1) is 0 Å². The SMILES string of the molecule is CCCCCOc1cccc(C2C(=C(O)c3ccc(OCCC)cc3)C(=O)C(=O)N2CCN2CCOCC2)c1. The van der Waals surface area contributed by atoms with Gasteiger partial charge in [0.2, 0.25) is 0 Å². The Balaban J connectivity index is 1.66. The first kappa shape index (κ1) is 28.6. The van der Waals surface area contributed by atoms with E-state index in [1.807, 2.05) is 31.2 Å². The number of unbranched alkanes of at least 4 members (excludes halogenated alkanes) is 2. The maximum Gasteiger partial charge on any atom is 0.295 e.